The van der Waals surface area contributed by atoms with Gasteiger partial charge in [0.1, 0.15) is 5.82 Å². The molecule has 1 heterocycles. The second kappa shape index (κ2) is 12.2. The van der Waals surface area contributed by atoms with Gasteiger partial charge in [-0.3, -0.25) is 4.99 Å². The van der Waals surface area contributed by atoms with Crippen LogP contribution in [-0.2, 0) is 9.53 Å². The molecule has 6 heteroatoms. The van der Waals surface area contributed by atoms with Crippen molar-refractivity contribution in [3.05, 3.63) is 77.7 Å². The monoisotopic (exact) mass is 519 g/mol. The molecule has 38 heavy (non-hydrogen) atoms. The molecule has 0 aromatic heterocycles. The quantitative estimate of drug-likeness (QED) is 0.351. The molecule has 1 fully saturated rings. The number of nitrogens with zero attached hydrogens (tertiary/aromatic N) is 3. The summed E-state index contributed by atoms with van der Waals surface area (Å²) >= 11 is 0. The predicted molar refractivity (Wildman–Crippen MR) is 152 cm³/mol. The summed E-state index contributed by atoms with van der Waals surface area (Å²) in [5, 5.41) is 0. The SMILES string of the molecule is COC(=O)C1(CC(C)C)N=CN(C=Cc2ccccc2)C1C1CCC(C(c2cccc(F)c2)N(C)C)CC1. The largest absolute Gasteiger partial charge is 0.467 e. The van der Waals surface area contributed by atoms with Gasteiger partial charge in [0.2, 0.25) is 0 Å². The van der Waals surface area contributed by atoms with Gasteiger partial charge < -0.3 is 14.5 Å². The lowest BCUT2D eigenvalue weighted by Gasteiger charge is -2.44. The van der Waals surface area contributed by atoms with Crippen LogP contribution in [0.15, 0.2) is 65.8 Å². The smallest absolute Gasteiger partial charge is 0.336 e. The predicted octanol–water partition coefficient (Wildman–Crippen LogP) is 6.58. The van der Waals surface area contributed by atoms with Gasteiger partial charge in [0.15, 0.2) is 5.54 Å². The minimum absolute atomic E-state index is 0.106. The molecule has 0 N–H and O–H groups in total. The van der Waals surface area contributed by atoms with Gasteiger partial charge in [0.05, 0.1) is 19.5 Å². The summed E-state index contributed by atoms with van der Waals surface area (Å²) in [6.45, 7) is 4.27. The number of rotatable bonds is 9. The Bertz CT molecular complexity index is 1120. The number of carbonyl (C=O) groups is 1. The normalized spacial score (nSPS) is 26.4. The van der Waals surface area contributed by atoms with Crippen LogP contribution in [0.5, 0.6) is 0 Å². The van der Waals surface area contributed by atoms with Crippen LogP contribution < -0.4 is 0 Å². The zero-order valence-corrected chi connectivity index (χ0v) is 23.4. The van der Waals surface area contributed by atoms with Crippen LogP contribution in [0.3, 0.4) is 0 Å². The van der Waals surface area contributed by atoms with E-state index in [1.807, 2.05) is 30.6 Å². The van der Waals surface area contributed by atoms with E-state index in [0.717, 1.165) is 36.8 Å². The van der Waals surface area contributed by atoms with Gasteiger partial charge in [0, 0.05) is 12.2 Å². The number of benzene rings is 2. The highest BCUT2D eigenvalue weighted by Crippen LogP contribution is 2.46. The van der Waals surface area contributed by atoms with E-state index in [2.05, 4.69) is 62.2 Å². The van der Waals surface area contributed by atoms with E-state index >= 15 is 0 Å². The fraction of sp³-hybridized carbons (Fsp3) is 0.500. The van der Waals surface area contributed by atoms with E-state index in [0.29, 0.717) is 12.3 Å². The van der Waals surface area contributed by atoms with Crippen molar-refractivity contribution in [3.63, 3.8) is 0 Å². The summed E-state index contributed by atoms with van der Waals surface area (Å²) in [5.74, 6) is 0.535. The number of hydrogen-bond donors (Lipinski definition) is 0. The van der Waals surface area contributed by atoms with E-state index in [-0.39, 0.29) is 35.7 Å². The van der Waals surface area contributed by atoms with Gasteiger partial charge in [-0.2, -0.15) is 0 Å². The van der Waals surface area contributed by atoms with Crippen LogP contribution in [0.1, 0.15) is 63.1 Å². The summed E-state index contributed by atoms with van der Waals surface area (Å²) in [6.07, 6.45) is 10.6. The zero-order valence-electron chi connectivity index (χ0n) is 23.4. The van der Waals surface area contributed by atoms with Crippen LogP contribution in [0.25, 0.3) is 6.08 Å². The molecule has 1 saturated carbocycles. The van der Waals surface area contributed by atoms with Crippen molar-refractivity contribution in [2.75, 3.05) is 21.2 Å². The Morgan fingerprint density at radius 1 is 1.13 bits per heavy atom. The molecule has 204 valence electrons. The first-order valence-corrected chi connectivity index (χ1v) is 13.8. The molecule has 2 aromatic rings. The van der Waals surface area contributed by atoms with E-state index in [1.165, 1.54) is 13.2 Å². The highest BCUT2D eigenvalue weighted by Gasteiger charge is 2.55. The van der Waals surface area contributed by atoms with Crippen molar-refractivity contribution >= 4 is 18.4 Å². The lowest BCUT2D eigenvalue weighted by atomic mass is 9.68. The molecule has 1 aliphatic carbocycles. The van der Waals surface area contributed by atoms with Gasteiger partial charge in [-0.1, -0.05) is 56.3 Å². The molecule has 0 saturated heterocycles. The van der Waals surface area contributed by atoms with Gasteiger partial charge in [-0.15, -0.1) is 0 Å². The van der Waals surface area contributed by atoms with E-state index in [1.54, 1.807) is 12.1 Å². The molecule has 1 aliphatic heterocycles. The van der Waals surface area contributed by atoms with Gasteiger partial charge in [-0.25, -0.2) is 9.18 Å². The maximum absolute atomic E-state index is 14.1. The third kappa shape index (κ3) is 6.01. The number of aliphatic imine (C=N–C) groups is 1. The van der Waals surface area contributed by atoms with E-state index < -0.39 is 5.54 Å². The third-order valence-electron chi connectivity index (χ3n) is 8.19. The Morgan fingerprint density at radius 3 is 2.45 bits per heavy atom. The van der Waals surface area contributed by atoms with Crippen molar-refractivity contribution in [2.45, 2.75) is 63.6 Å². The molecule has 0 spiro atoms. The standard InChI is InChI=1S/C32H42FN3O2/c1-23(2)21-32(31(37)38-5)30(36(22-34-32)19-18-24-10-7-6-8-11-24)26-16-14-25(15-17-26)29(35(3)4)27-12-9-13-28(33)20-27/h6-13,18-20,22-23,25-26,29-30H,14-17,21H2,1-5H3. The number of esters is 1. The number of carbonyl (C=O) groups excluding carboxylic acids is 1. The molecule has 3 atom stereocenters. The van der Waals surface area contributed by atoms with Crippen molar-refractivity contribution in [3.8, 4) is 0 Å². The second-order valence-electron chi connectivity index (χ2n) is 11.5. The van der Waals surface area contributed by atoms with Crippen molar-refractivity contribution in [2.24, 2.45) is 22.7 Å². The lowest BCUT2D eigenvalue weighted by Crippen LogP contribution is -2.55. The first-order valence-electron chi connectivity index (χ1n) is 13.8. The van der Waals surface area contributed by atoms with Crippen LogP contribution >= 0.6 is 0 Å². The zero-order chi connectivity index (χ0) is 27.3. The minimum Gasteiger partial charge on any atom is -0.467 e. The fourth-order valence-electron chi connectivity index (χ4n) is 6.75. The Labute approximate surface area is 227 Å². The average molecular weight is 520 g/mol. The van der Waals surface area contributed by atoms with Crippen LogP contribution in [0.4, 0.5) is 4.39 Å². The fourth-order valence-corrected chi connectivity index (χ4v) is 6.75. The Morgan fingerprint density at radius 2 is 1.84 bits per heavy atom. The molecular formula is C32H42FN3O2. The highest BCUT2D eigenvalue weighted by molar-refractivity contribution is 5.87. The summed E-state index contributed by atoms with van der Waals surface area (Å²) in [7, 11) is 5.62. The van der Waals surface area contributed by atoms with Crippen LogP contribution in [0, 0.1) is 23.6 Å². The summed E-state index contributed by atoms with van der Waals surface area (Å²) in [5.41, 5.74) is 1.20. The molecule has 0 bridgehead atoms. The lowest BCUT2D eigenvalue weighted by molar-refractivity contribution is -0.150. The first kappa shape index (κ1) is 28.0. The van der Waals surface area contributed by atoms with Crippen molar-refractivity contribution < 1.29 is 13.9 Å². The van der Waals surface area contributed by atoms with Crippen molar-refractivity contribution in [1.82, 2.24) is 9.80 Å². The molecule has 4 rings (SSSR count). The van der Waals surface area contributed by atoms with Crippen LogP contribution in [0.2, 0.25) is 0 Å². The van der Waals surface area contributed by atoms with E-state index in [4.69, 9.17) is 9.73 Å². The van der Waals surface area contributed by atoms with Crippen LogP contribution in [-0.4, -0.2) is 54.9 Å². The topological polar surface area (TPSA) is 45.1 Å². The molecule has 0 amide bonds. The number of methoxy groups -OCH3 is 1. The second-order valence-corrected chi connectivity index (χ2v) is 11.5. The molecule has 2 aliphatic rings. The maximum Gasteiger partial charge on any atom is 0.336 e. The maximum atomic E-state index is 14.1. The first-order chi connectivity index (χ1) is 18.2. The Balaban J connectivity index is 1.60. The third-order valence-corrected chi connectivity index (χ3v) is 8.19. The van der Waals surface area contributed by atoms with Gasteiger partial charge in [-0.05, 0) is 93.3 Å². The number of hydrogen-bond acceptors (Lipinski definition) is 5. The molecule has 0 radical (unpaired) electrons. The Kier molecular flexibility index (Phi) is 9.03. The molecule has 5 nitrogen and oxygen atoms in total. The summed E-state index contributed by atoms with van der Waals surface area (Å²) in [4.78, 5) is 22.6. The summed E-state index contributed by atoms with van der Waals surface area (Å²) < 4.78 is 19.5. The molecule has 2 aromatic carbocycles. The average Bonchev–Trinajstić information content (AvgIpc) is 3.26. The van der Waals surface area contributed by atoms with Gasteiger partial charge >= 0.3 is 5.97 Å². The van der Waals surface area contributed by atoms with E-state index in [9.17, 15) is 9.18 Å². The summed E-state index contributed by atoms with van der Waals surface area (Å²) in [6, 6.07) is 17.2. The highest BCUT2D eigenvalue weighted by atomic mass is 19.1. The number of halogens is 1. The minimum atomic E-state index is -0.926. The molecular weight excluding hydrogens is 477 g/mol. The molecule has 3 unspecified atom stereocenters. The van der Waals surface area contributed by atoms with Crippen molar-refractivity contribution in [1.29, 1.82) is 0 Å². The Hall–Kier alpha value is -2.99. The van der Waals surface area contributed by atoms with Gasteiger partial charge in [0.25, 0.3) is 0 Å². The number of ether oxygens (including phenoxy) is 1.